The van der Waals surface area contributed by atoms with E-state index in [4.69, 9.17) is 4.74 Å². The van der Waals surface area contributed by atoms with E-state index in [0.717, 1.165) is 0 Å². The van der Waals surface area contributed by atoms with Gasteiger partial charge in [0.05, 0.1) is 24.1 Å². The van der Waals surface area contributed by atoms with Gasteiger partial charge in [0.15, 0.2) is 0 Å². The molecule has 0 aromatic heterocycles. The fraction of sp³-hybridized carbons (Fsp3) is 0.429. The Morgan fingerprint density at radius 3 is 2.79 bits per heavy atom. The Labute approximate surface area is 111 Å². The van der Waals surface area contributed by atoms with Gasteiger partial charge in [0.25, 0.3) is 0 Å². The number of amides is 1. The molecule has 0 saturated heterocycles. The molecule has 0 spiro atoms. The van der Waals surface area contributed by atoms with Crippen molar-refractivity contribution >= 4 is 17.6 Å². The first kappa shape index (κ1) is 13.4. The van der Waals surface area contributed by atoms with E-state index < -0.39 is 11.4 Å². The number of ether oxygens (including phenoxy) is 1. The van der Waals surface area contributed by atoms with Gasteiger partial charge in [0, 0.05) is 6.54 Å². The highest BCUT2D eigenvalue weighted by atomic mass is 16.5. The zero-order valence-electron chi connectivity index (χ0n) is 11.0. The number of nitrogens with zero attached hydrogens (tertiary/aromatic N) is 1. The maximum atomic E-state index is 12.1. The first-order valence-electron chi connectivity index (χ1n) is 6.17. The summed E-state index contributed by atoms with van der Waals surface area (Å²) in [5.41, 5.74) is -0.369. The maximum absolute atomic E-state index is 12.1. The topological polar surface area (TPSA) is 66.8 Å². The number of para-hydroxylation sites is 2. The molecule has 1 heterocycles. The smallest absolute Gasteiger partial charge is 0.310 e. The lowest BCUT2D eigenvalue weighted by Gasteiger charge is -2.29. The molecule has 0 atom stereocenters. The minimum absolute atomic E-state index is 0.112. The second-order valence-corrected chi connectivity index (χ2v) is 5.24. The minimum atomic E-state index is -1.01. The van der Waals surface area contributed by atoms with E-state index in [-0.39, 0.29) is 18.9 Å². The van der Waals surface area contributed by atoms with E-state index in [9.17, 15) is 14.7 Å². The molecule has 0 radical (unpaired) electrons. The molecule has 1 aliphatic heterocycles. The number of carbonyl (C=O) groups excluding carboxylic acids is 1. The molecule has 5 nitrogen and oxygen atoms in total. The first-order chi connectivity index (χ1) is 8.92. The molecule has 1 aromatic carbocycles. The molecule has 0 unspecified atom stereocenters. The van der Waals surface area contributed by atoms with Crippen LogP contribution in [-0.4, -0.2) is 30.1 Å². The Balaban J connectivity index is 2.37. The molecule has 0 saturated carbocycles. The lowest BCUT2D eigenvalue weighted by Crippen LogP contribution is -2.42. The van der Waals surface area contributed by atoms with Gasteiger partial charge in [-0.25, -0.2) is 0 Å². The average Bonchev–Trinajstić information content (AvgIpc) is 2.50. The Morgan fingerprint density at radius 1 is 1.42 bits per heavy atom. The summed E-state index contributed by atoms with van der Waals surface area (Å²) in [6, 6.07) is 7.20. The summed E-state index contributed by atoms with van der Waals surface area (Å²) in [6.07, 6.45) is 0.254. The molecule has 0 bridgehead atoms. The van der Waals surface area contributed by atoms with Crippen LogP contribution >= 0.6 is 0 Å². The van der Waals surface area contributed by atoms with Gasteiger partial charge < -0.3 is 14.7 Å². The Hall–Kier alpha value is -2.04. The van der Waals surface area contributed by atoms with Crippen molar-refractivity contribution in [2.24, 2.45) is 5.41 Å². The van der Waals surface area contributed by atoms with Gasteiger partial charge in [-0.15, -0.1) is 0 Å². The molecular formula is C14H17NO4. The van der Waals surface area contributed by atoms with Crippen molar-refractivity contribution in [3.63, 3.8) is 0 Å². The van der Waals surface area contributed by atoms with Gasteiger partial charge in [0.2, 0.25) is 5.91 Å². The minimum Gasteiger partial charge on any atom is -0.491 e. The SMILES string of the molecule is CC(C)(CN1C(=O)CCOc2ccccc21)C(=O)O. The molecule has 1 aliphatic rings. The van der Waals surface area contributed by atoms with E-state index in [1.54, 1.807) is 26.0 Å². The Bertz CT molecular complexity index is 510. The number of anilines is 1. The third kappa shape index (κ3) is 2.70. The van der Waals surface area contributed by atoms with Crippen LogP contribution in [0.15, 0.2) is 24.3 Å². The van der Waals surface area contributed by atoms with Crippen LogP contribution in [0.1, 0.15) is 20.3 Å². The quantitative estimate of drug-likeness (QED) is 0.904. The van der Waals surface area contributed by atoms with E-state index in [1.807, 2.05) is 12.1 Å². The van der Waals surface area contributed by atoms with Crippen molar-refractivity contribution < 1.29 is 19.4 Å². The molecule has 19 heavy (non-hydrogen) atoms. The lowest BCUT2D eigenvalue weighted by molar-refractivity contribution is -0.146. The highest BCUT2D eigenvalue weighted by Gasteiger charge is 2.34. The normalized spacial score (nSPS) is 15.5. The summed E-state index contributed by atoms with van der Waals surface area (Å²) < 4.78 is 5.51. The van der Waals surface area contributed by atoms with Crippen molar-refractivity contribution in [3.8, 4) is 5.75 Å². The lowest BCUT2D eigenvalue weighted by atomic mass is 9.92. The molecule has 1 N–H and O–H groups in total. The molecular weight excluding hydrogens is 246 g/mol. The Kier molecular flexibility index (Phi) is 3.46. The maximum Gasteiger partial charge on any atom is 0.310 e. The number of hydrogen-bond donors (Lipinski definition) is 1. The standard InChI is InChI=1S/C14H17NO4/c1-14(2,13(17)18)9-15-10-5-3-4-6-11(10)19-8-7-12(15)16/h3-6H,7-9H2,1-2H3,(H,17,18). The number of aliphatic carboxylic acids is 1. The first-order valence-corrected chi connectivity index (χ1v) is 6.17. The summed E-state index contributed by atoms with van der Waals surface area (Å²) in [5, 5.41) is 9.21. The van der Waals surface area contributed by atoms with Gasteiger partial charge in [-0.3, -0.25) is 9.59 Å². The van der Waals surface area contributed by atoms with Crippen LogP contribution in [0.25, 0.3) is 0 Å². The van der Waals surface area contributed by atoms with Crippen LogP contribution in [0.3, 0.4) is 0 Å². The van der Waals surface area contributed by atoms with Crippen LogP contribution in [0, 0.1) is 5.41 Å². The molecule has 2 rings (SSSR count). The molecule has 102 valence electrons. The molecule has 1 aromatic rings. The highest BCUT2D eigenvalue weighted by molar-refractivity contribution is 5.96. The second kappa shape index (κ2) is 4.91. The summed E-state index contributed by atoms with van der Waals surface area (Å²) in [5.74, 6) is -0.420. The number of carboxylic acids is 1. The van der Waals surface area contributed by atoms with Crippen LogP contribution in [0.2, 0.25) is 0 Å². The number of hydrogen-bond acceptors (Lipinski definition) is 3. The molecule has 5 heteroatoms. The largest absolute Gasteiger partial charge is 0.491 e. The zero-order valence-corrected chi connectivity index (χ0v) is 11.0. The van der Waals surface area contributed by atoms with E-state index in [2.05, 4.69) is 0 Å². The monoisotopic (exact) mass is 263 g/mol. The van der Waals surface area contributed by atoms with E-state index in [0.29, 0.717) is 18.0 Å². The van der Waals surface area contributed by atoms with Crippen LogP contribution in [-0.2, 0) is 9.59 Å². The van der Waals surface area contributed by atoms with Crippen molar-refractivity contribution in [2.75, 3.05) is 18.1 Å². The van der Waals surface area contributed by atoms with E-state index >= 15 is 0 Å². The van der Waals surface area contributed by atoms with Gasteiger partial charge in [-0.2, -0.15) is 0 Å². The predicted molar refractivity (Wildman–Crippen MR) is 70.3 cm³/mol. The fourth-order valence-electron chi connectivity index (χ4n) is 1.96. The molecule has 0 aliphatic carbocycles. The summed E-state index contributed by atoms with van der Waals surface area (Å²) in [4.78, 5) is 24.9. The van der Waals surface area contributed by atoms with E-state index in [1.165, 1.54) is 4.90 Å². The van der Waals surface area contributed by atoms with Gasteiger partial charge in [-0.1, -0.05) is 12.1 Å². The summed E-state index contributed by atoms with van der Waals surface area (Å²) in [7, 11) is 0. The number of carboxylic acid groups (broad SMARTS) is 1. The number of fused-ring (bicyclic) bond motifs is 1. The van der Waals surface area contributed by atoms with Gasteiger partial charge in [0.1, 0.15) is 5.75 Å². The third-order valence-corrected chi connectivity index (χ3v) is 3.16. The molecule has 0 fully saturated rings. The van der Waals surface area contributed by atoms with Crippen molar-refractivity contribution in [2.45, 2.75) is 20.3 Å². The van der Waals surface area contributed by atoms with Crippen molar-refractivity contribution in [3.05, 3.63) is 24.3 Å². The number of carbonyl (C=O) groups is 2. The highest BCUT2D eigenvalue weighted by Crippen LogP contribution is 2.33. The van der Waals surface area contributed by atoms with Gasteiger partial charge >= 0.3 is 5.97 Å². The predicted octanol–water partition coefficient (Wildman–Crippen LogP) is 1.91. The molecule has 1 amide bonds. The summed E-state index contributed by atoms with van der Waals surface area (Å²) >= 11 is 0. The Morgan fingerprint density at radius 2 is 2.11 bits per heavy atom. The van der Waals surface area contributed by atoms with Gasteiger partial charge in [-0.05, 0) is 26.0 Å². The average molecular weight is 263 g/mol. The zero-order chi connectivity index (χ0) is 14.0. The number of rotatable bonds is 3. The van der Waals surface area contributed by atoms with Crippen LogP contribution in [0.4, 0.5) is 5.69 Å². The number of benzene rings is 1. The van der Waals surface area contributed by atoms with Crippen molar-refractivity contribution in [1.82, 2.24) is 0 Å². The third-order valence-electron chi connectivity index (χ3n) is 3.16. The van der Waals surface area contributed by atoms with Crippen molar-refractivity contribution in [1.29, 1.82) is 0 Å². The summed E-state index contributed by atoms with van der Waals surface area (Å²) in [6.45, 7) is 3.66. The van der Waals surface area contributed by atoms with Crippen LogP contribution < -0.4 is 9.64 Å². The second-order valence-electron chi connectivity index (χ2n) is 5.24. The van der Waals surface area contributed by atoms with Crippen LogP contribution in [0.5, 0.6) is 5.75 Å². The fourth-order valence-corrected chi connectivity index (χ4v) is 1.96.